The SMILES string of the molecule is O=C(C1CCc2ccccc2C1)N1CCN(Cc2ccccc2)CC1. The van der Waals surface area contributed by atoms with Crippen molar-refractivity contribution < 1.29 is 4.79 Å². The number of carbonyl (C=O) groups is 1. The van der Waals surface area contributed by atoms with Crippen LogP contribution in [0.5, 0.6) is 0 Å². The molecule has 0 aromatic heterocycles. The van der Waals surface area contributed by atoms with Crippen molar-refractivity contribution in [2.75, 3.05) is 26.2 Å². The van der Waals surface area contributed by atoms with Gasteiger partial charge in [-0.25, -0.2) is 0 Å². The minimum absolute atomic E-state index is 0.176. The molecule has 2 aliphatic rings. The molecule has 1 fully saturated rings. The molecule has 1 unspecified atom stereocenters. The second-order valence-corrected chi connectivity index (χ2v) is 7.30. The van der Waals surface area contributed by atoms with Gasteiger partial charge in [0.25, 0.3) is 0 Å². The summed E-state index contributed by atoms with van der Waals surface area (Å²) < 4.78 is 0. The molecule has 0 radical (unpaired) electrons. The zero-order valence-electron chi connectivity index (χ0n) is 14.7. The summed E-state index contributed by atoms with van der Waals surface area (Å²) in [6.45, 7) is 4.67. The number of benzene rings is 2. The van der Waals surface area contributed by atoms with E-state index < -0.39 is 0 Å². The number of amides is 1. The van der Waals surface area contributed by atoms with Gasteiger partial charge in [-0.2, -0.15) is 0 Å². The van der Waals surface area contributed by atoms with Gasteiger partial charge < -0.3 is 4.90 Å². The summed E-state index contributed by atoms with van der Waals surface area (Å²) in [5, 5.41) is 0. The predicted molar refractivity (Wildman–Crippen MR) is 100 cm³/mol. The quantitative estimate of drug-likeness (QED) is 0.861. The van der Waals surface area contributed by atoms with E-state index in [1.807, 2.05) is 0 Å². The van der Waals surface area contributed by atoms with Gasteiger partial charge in [-0.3, -0.25) is 9.69 Å². The molecule has 1 saturated heterocycles. The molecular formula is C22H26N2O. The molecule has 0 bridgehead atoms. The fourth-order valence-corrected chi connectivity index (χ4v) is 4.13. The Morgan fingerprint density at radius 1 is 0.880 bits per heavy atom. The molecular weight excluding hydrogens is 308 g/mol. The van der Waals surface area contributed by atoms with Crippen molar-refractivity contribution in [3.05, 3.63) is 71.3 Å². The van der Waals surface area contributed by atoms with Crippen LogP contribution in [0.2, 0.25) is 0 Å². The number of nitrogens with zero attached hydrogens (tertiary/aromatic N) is 2. The van der Waals surface area contributed by atoms with Crippen LogP contribution in [-0.4, -0.2) is 41.9 Å². The lowest BCUT2D eigenvalue weighted by atomic mass is 9.83. The van der Waals surface area contributed by atoms with Crippen molar-refractivity contribution in [3.63, 3.8) is 0 Å². The van der Waals surface area contributed by atoms with Crippen LogP contribution in [0.15, 0.2) is 54.6 Å². The number of carbonyl (C=O) groups excluding carboxylic acids is 1. The highest BCUT2D eigenvalue weighted by molar-refractivity contribution is 5.79. The highest BCUT2D eigenvalue weighted by Crippen LogP contribution is 2.27. The molecule has 25 heavy (non-hydrogen) atoms. The first-order valence-corrected chi connectivity index (χ1v) is 9.41. The Morgan fingerprint density at radius 3 is 2.32 bits per heavy atom. The predicted octanol–water partition coefficient (Wildman–Crippen LogP) is 3.14. The van der Waals surface area contributed by atoms with Crippen LogP contribution in [0.3, 0.4) is 0 Å². The van der Waals surface area contributed by atoms with Gasteiger partial charge in [0.1, 0.15) is 0 Å². The van der Waals surface area contributed by atoms with Crippen molar-refractivity contribution in [3.8, 4) is 0 Å². The molecule has 3 heteroatoms. The average molecular weight is 334 g/mol. The van der Waals surface area contributed by atoms with Crippen LogP contribution in [-0.2, 0) is 24.2 Å². The maximum Gasteiger partial charge on any atom is 0.226 e. The van der Waals surface area contributed by atoms with Gasteiger partial charge in [-0.15, -0.1) is 0 Å². The lowest BCUT2D eigenvalue weighted by Crippen LogP contribution is -2.50. The number of hydrogen-bond donors (Lipinski definition) is 0. The summed E-state index contributed by atoms with van der Waals surface area (Å²) in [5.74, 6) is 0.546. The van der Waals surface area contributed by atoms with Gasteiger partial charge in [0.15, 0.2) is 0 Å². The third-order valence-corrected chi connectivity index (χ3v) is 5.63. The molecule has 2 aromatic carbocycles. The highest BCUT2D eigenvalue weighted by atomic mass is 16.2. The molecule has 1 aliphatic heterocycles. The molecule has 130 valence electrons. The smallest absolute Gasteiger partial charge is 0.226 e. The maximum atomic E-state index is 12.9. The van der Waals surface area contributed by atoms with Gasteiger partial charge in [0.05, 0.1) is 0 Å². The van der Waals surface area contributed by atoms with Gasteiger partial charge in [-0.1, -0.05) is 54.6 Å². The summed E-state index contributed by atoms with van der Waals surface area (Å²) in [6, 6.07) is 19.2. The van der Waals surface area contributed by atoms with Crippen LogP contribution < -0.4 is 0 Å². The van der Waals surface area contributed by atoms with E-state index in [4.69, 9.17) is 0 Å². The summed E-state index contributed by atoms with van der Waals surface area (Å²) in [7, 11) is 0. The summed E-state index contributed by atoms with van der Waals surface area (Å²) in [5.41, 5.74) is 4.15. The summed E-state index contributed by atoms with van der Waals surface area (Å²) in [4.78, 5) is 17.5. The topological polar surface area (TPSA) is 23.6 Å². The Labute approximate surface area is 150 Å². The fourth-order valence-electron chi connectivity index (χ4n) is 4.13. The molecule has 1 heterocycles. The summed E-state index contributed by atoms with van der Waals surface area (Å²) >= 11 is 0. The first-order chi connectivity index (χ1) is 12.3. The normalized spacial score (nSPS) is 21.0. The fraction of sp³-hybridized carbons (Fsp3) is 0.409. The molecule has 4 rings (SSSR count). The first-order valence-electron chi connectivity index (χ1n) is 9.41. The summed E-state index contributed by atoms with van der Waals surface area (Å²) in [6.07, 6.45) is 2.96. The second-order valence-electron chi connectivity index (χ2n) is 7.30. The van der Waals surface area contributed by atoms with E-state index in [2.05, 4.69) is 64.4 Å². The van der Waals surface area contributed by atoms with E-state index in [-0.39, 0.29) is 5.92 Å². The van der Waals surface area contributed by atoms with Gasteiger partial charge in [-0.05, 0) is 36.0 Å². The van der Waals surface area contributed by atoms with E-state index >= 15 is 0 Å². The highest BCUT2D eigenvalue weighted by Gasteiger charge is 2.30. The standard InChI is InChI=1S/C22H26N2O/c25-22(21-11-10-19-8-4-5-9-20(19)16-21)24-14-12-23(13-15-24)17-18-6-2-1-3-7-18/h1-9,21H,10-17H2. The monoisotopic (exact) mass is 334 g/mol. The molecule has 2 aromatic rings. The average Bonchev–Trinajstić information content (AvgIpc) is 2.68. The van der Waals surface area contributed by atoms with Crippen molar-refractivity contribution in [2.45, 2.75) is 25.8 Å². The van der Waals surface area contributed by atoms with Crippen molar-refractivity contribution in [2.24, 2.45) is 5.92 Å². The van der Waals surface area contributed by atoms with E-state index in [9.17, 15) is 4.79 Å². The second kappa shape index (κ2) is 7.40. The van der Waals surface area contributed by atoms with Gasteiger partial charge in [0, 0.05) is 38.6 Å². The van der Waals surface area contributed by atoms with E-state index in [0.717, 1.165) is 52.0 Å². The minimum atomic E-state index is 0.176. The number of fused-ring (bicyclic) bond motifs is 1. The van der Waals surface area contributed by atoms with Crippen molar-refractivity contribution >= 4 is 5.91 Å². The number of hydrogen-bond acceptors (Lipinski definition) is 2. The Bertz CT molecular complexity index is 720. The number of aryl methyl sites for hydroxylation is 1. The van der Waals surface area contributed by atoms with Crippen LogP contribution in [0, 0.1) is 5.92 Å². The molecule has 0 saturated carbocycles. The van der Waals surface area contributed by atoms with Crippen LogP contribution in [0.25, 0.3) is 0 Å². The maximum absolute atomic E-state index is 12.9. The van der Waals surface area contributed by atoms with Crippen molar-refractivity contribution in [1.29, 1.82) is 0 Å². The lowest BCUT2D eigenvalue weighted by molar-refractivity contribution is -0.137. The molecule has 0 spiro atoms. The van der Waals surface area contributed by atoms with E-state index in [1.165, 1.54) is 16.7 Å². The zero-order valence-corrected chi connectivity index (χ0v) is 14.7. The Morgan fingerprint density at radius 2 is 1.56 bits per heavy atom. The molecule has 0 N–H and O–H groups in total. The largest absolute Gasteiger partial charge is 0.340 e. The lowest BCUT2D eigenvalue weighted by Gasteiger charge is -2.37. The van der Waals surface area contributed by atoms with Crippen LogP contribution in [0.4, 0.5) is 0 Å². The third kappa shape index (κ3) is 3.77. The zero-order chi connectivity index (χ0) is 17.1. The number of rotatable bonds is 3. The Kier molecular flexibility index (Phi) is 4.84. The van der Waals surface area contributed by atoms with Gasteiger partial charge in [0.2, 0.25) is 5.91 Å². The van der Waals surface area contributed by atoms with E-state index in [0.29, 0.717) is 5.91 Å². The first kappa shape index (κ1) is 16.3. The minimum Gasteiger partial charge on any atom is -0.340 e. The third-order valence-electron chi connectivity index (χ3n) is 5.63. The van der Waals surface area contributed by atoms with Crippen LogP contribution in [0.1, 0.15) is 23.1 Å². The number of piperazine rings is 1. The molecule has 3 nitrogen and oxygen atoms in total. The molecule has 1 aliphatic carbocycles. The van der Waals surface area contributed by atoms with Gasteiger partial charge >= 0.3 is 0 Å². The molecule has 1 atom stereocenters. The Balaban J connectivity index is 1.31. The Hall–Kier alpha value is -2.13. The van der Waals surface area contributed by atoms with Crippen molar-refractivity contribution in [1.82, 2.24) is 9.80 Å². The molecule has 1 amide bonds. The van der Waals surface area contributed by atoms with E-state index in [1.54, 1.807) is 0 Å². The van der Waals surface area contributed by atoms with Crippen LogP contribution >= 0.6 is 0 Å².